The number of aryl methyl sites for hydroxylation is 2. The number of benzene rings is 1. The number of carbonyl (C=O) groups is 1. The Hall–Kier alpha value is -1.55. The minimum atomic E-state index is 0.0958. The van der Waals surface area contributed by atoms with Gasteiger partial charge in [-0.2, -0.15) is 0 Å². The van der Waals surface area contributed by atoms with E-state index in [2.05, 4.69) is 11.9 Å². The summed E-state index contributed by atoms with van der Waals surface area (Å²) in [6.07, 6.45) is 2.57. The van der Waals surface area contributed by atoms with E-state index >= 15 is 0 Å². The van der Waals surface area contributed by atoms with Gasteiger partial charge in [0.05, 0.1) is 11.4 Å². The van der Waals surface area contributed by atoms with Gasteiger partial charge in [-0.05, 0) is 18.9 Å². The van der Waals surface area contributed by atoms with Crippen LogP contribution in [0.3, 0.4) is 0 Å². The summed E-state index contributed by atoms with van der Waals surface area (Å²) in [6, 6.07) is 7.74. The van der Waals surface area contributed by atoms with Crippen molar-refractivity contribution < 1.29 is 9.21 Å². The number of hydrogen-bond donors (Lipinski definition) is 0. The molecule has 0 unspecified atom stereocenters. The lowest BCUT2D eigenvalue weighted by atomic mass is 10.1. The molecule has 0 spiro atoms. The maximum atomic E-state index is 11.9. The third-order valence-electron chi connectivity index (χ3n) is 2.61. The van der Waals surface area contributed by atoms with E-state index in [9.17, 15) is 4.79 Å². The molecule has 0 amide bonds. The molecule has 0 saturated heterocycles. The van der Waals surface area contributed by atoms with Crippen LogP contribution in [0.5, 0.6) is 0 Å². The molecular weight excluding hydrogens is 246 g/mol. The van der Waals surface area contributed by atoms with Gasteiger partial charge in [-0.3, -0.25) is 4.79 Å². The van der Waals surface area contributed by atoms with E-state index in [1.54, 1.807) is 6.26 Å². The van der Waals surface area contributed by atoms with Crippen molar-refractivity contribution in [1.82, 2.24) is 4.98 Å². The Balaban J connectivity index is 1.94. The first-order valence-corrected chi connectivity index (χ1v) is 6.84. The Kier molecular flexibility index (Phi) is 4.20. The molecule has 0 fully saturated rings. The van der Waals surface area contributed by atoms with E-state index in [0.717, 1.165) is 17.7 Å². The van der Waals surface area contributed by atoms with Crippen molar-refractivity contribution in [2.24, 2.45) is 0 Å². The zero-order valence-corrected chi connectivity index (χ0v) is 11.3. The van der Waals surface area contributed by atoms with Crippen LogP contribution in [-0.2, 0) is 6.42 Å². The van der Waals surface area contributed by atoms with Gasteiger partial charge in [0, 0.05) is 5.56 Å². The Labute approximate surface area is 111 Å². The molecule has 0 radical (unpaired) electrons. The topological polar surface area (TPSA) is 43.1 Å². The van der Waals surface area contributed by atoms with E-state index in [-0.39, 0.29) is 5.78 Å². The fraction of sp³-hybridized carbons (Fsp3) is 0.286. The second kappa shape index (κ2) is 5.87. The van der Waals surface area contributed by atoms with E-state index in [0.29, 0.717) is 11.0 Å². The number of hydrogen-bond acceptors (Lipinski definition) is 4. The molecule has 0 aliphatic rings. The van der Waals surface area contributed by atoms with Crippen molar-refractivity contribution in [2.45, 2.75) is 25.5 Å². The molecule has 0 aliphatic carbocycles. The zero-order chi connectivity index (χ0) is 13.0. The Morgan fingerprint density at radius 2 is 2.06 bits per heavy atom. The molecule has 0 atom stereocenters. The largest absolute Gasteiger partial charge is 0.440 e. The molecule has 1 heterocycles. The van der Waals surface area contributed by atoms with Gasteiger partial charge < -0.3 is 4.42 Å². The van der Waals surface area contributed by atoms with Crippen LogP contribution in [0.25, 0.3) is 0 Å². The highest BCUT2D eigenvalue weighted by Gasteiger charge is 2.09. The van der Waals surface area contributed by atoms with Crippen molar-refractivity contribution in [3.8, 4) is 0 Å². The average molecular weight is 261 g/mol. The van der Waals surface area contributed by atoms with Crippen molar-refractivity contribution in [3.05, 3.63) is 47.3 Å². The number of Topliss-reactive ketones (excluding diaryl/α,β-unsaturated/α-hetero) is 1. The summed E-state index contributed by atoms with van der Waals surface area (Å²) in [5, 5.41) is 0.547. The lowest BCUT2D eigenvalue weighted by Crippen LogP contribution is -2.02. The minimum Gasteiger partial charge on any atom is -0.440 e. The maximum absolute atomic E-state index is 11.9. The number of nitrogens with zero attached hydrogens (tertiary/aromatic N) is 1. The van der Waals surface area contributed by atoms with Crippen LogP contribution in [0, 0.1) is 6.92 Å². The van der Waals surface area contributed by atoms with Crippen LogP contribution < -0.4 is 0 Å². The lowest BCUT2D eigenvalue weighted by molar-refractivity contribution is 0.102. The number of rotatable bonds is 5. The average Bonchev–Trinajstić information content (AvgIpc) is 2.82. The predicted molar refractivity (Wildman–Crippen MR) is 72.1 cm³/mol. The van der Waals surface area contributed by atoms with Gasteiger partial charge in [0.1, 0.15) is 6.26 Å². The highest BCUT2D eigenvalue weighted by molar-refractivity contribution is 7.99. The van der Waals surface area contributed by atoms with Crippen molar-refractivity contribution in [2.75, 3.05) is 5.75 Å². The fourth-order valence-corrected chi connectivity index (χ4v) is 2.28. The van der Waals surface area contributed by atoms with Crippen LogP contribution in [0.4, 0.5) is 0 Å². The number of ketones is 1. The zero-order valence-electron chi connectivity index (χ0n) is 10.5. The van der Waals surface area contributed by atoms with Gasteiger partial charge in [0.15, 0.2) is 5.78 Å². The molecule has 0 aliphatic heterocycles. The highest BCUT2D eigenvalue weighted by atomic mass is 32.2. The number of aromatic nitrogens is 1. The number of thioether (sulfide) groups is 1. The summed E-state index contributed by atoms with van der Waals surface area (Å²) in [5.41, 5.74) is 2.81. The Morgan fingerprint density at radius 3 is 2.61 bits per heavy atom. The van der Waals surface area contributed by atoms with E-state index in [1.165, 1.54) is 17.3 Å². The Bertz CT molecular complexity index is 531. The van der Waals surface area contributed by atoms with Crippen molar-refractivity contribution >= 4 is 17.5 Å². The second-order valence-electron chi connectivity index (χ2n) is 4.02. The first kappa shape index (κ1) is 12.9. The first-order chi connectivity index (χ1) is 8.69. The van der Waals surface area contributed by atoms with Crippen LogP contribution in [0.15, 0.2) is 40.2 Å². The van der Waals surface area contributed by atoms with Crippen molar-refractivity contribution in [1.29, 1.82) is 0 Å². The molecule has 0 bridgehead atoms. The van der Waals surface area contributed by atoms with Gasteiger partial charge in [0.2, 0.25) is 0 Å². The smallest absolute Gasteiger partial charge is 0.256 e. The number of oxazole rings is 1. The second-order valence-corrected chi connectivity index (χ2v) is 4.94. The van der Waals surface area contributed by atoms with E-state index in [4.69, 9.17) is 4.42 Å². The molecule has 2 aromatic rings. The van der Waals surface area contributed by atoms with Crippen LogP contribution in [0.2, 0.25) is 0 Å². The summed E-state index contributed by atoms with van der Waals surface area (Å²) in [6.45, 7) is 3.95. The third-order valence-corrected chi connectivity index (χ3v) is 3.45. The predicted octanol–water partition coefficient (Wildman–Crippen LogP) is 3.52. The highest BCUT2D eigenvalue weighted by Crippen LogP contribution is 2.18. The van der Waals surface area contributed by atoms with Gasteiger partial charge in [-0.25, -0.2) is 4.98 Å². The molecule has 2 rings (SSSR count). The molecule has 1 aromatic heterocycles. The van der Waals surface area contributed by atoms with Gasteiger partial charge in [0.25, 0.3) is 5.22 Å². The van der Waals surface area contributed by atoms with E-state index in [1.807, 2.05) is 31.2 Å². The summed E-state index contributed by atoms with van der Waals surface area (Å²) in [7, 11) is 0. The van der Waals surface area contributed by atoms with Crippen LogP contribution >= 0.6 is 11.8 Å². The molecule has 0 N–H and O–H groups in total. The molecule has 4 heteroatoms. The summed E-state index contributed by atoms with van der Waals surface area (Å²) < 4.78 is 5.19. The summed E-state index contributed by atoms with van der Waals surface area (Å²) in [5.74, 6) is 0.448. The SMILES string of the molecule is CCc1ccc(C(=O)CSc2nc(C)co2)cc1. The lowest BCUT2D eigenvalue weighted by Gasteiger charge is -2.01. The van der Waals surface area contributed by atoms with Crippen molar-refractivity contribution in [3.63, 3.8) is 0 Å². The summed E-state index contributed by atoms with van der Waals surface area (Å²) >= 11 is 1.33. The third kappa shape index (κ3) is 3.23. The first-order valence-electron chi connectivity index (χ1n) is 5.86. The monoisotopic (exact) mass is 261 g/mol. The van der Waals surface area contributed by atoms with Crippen LogP contribution in [0.1, 0.15) is 28.5 Å². The normalized spacial score (nSPS) is 10.6. The van der Waals surface area contributed by atoms with Gasteiger partial charge >= 0.3 is 0 Å². The standard InChI is InChI=1S/C14H15NO2S/c1-3-11-4-6-12(7-5-11)13(16)9-18-14-15-10(2)8-17-14/h4-8H,3,9H2,1-2H3. The molecule has 0 saturated carbocycles. The fourth-order valence-electron chi connectivity index (χ4n) is 1.54. The quantitative estimate of drug-likeness (QED) is 0.610. The molecule has 3 nitrogen and oxygen atoms in total. The Morgan fingerprint density at radius 1 is 1.33 bits per heavy atom. The van der Waals surface area contributed by atoms with Gasteiger partial charge in [-0.15, -0.1) is 0 Å². The maximum Gasteiger partial charge on any atom is 0.256 e. The molecular formula is C14H15NO2S. The van der Waals surface area contributed by atoms with E-state index < -0.39 is 0 Å². The molecule has 18 heavy (non-hydrogen) atoms. The van der Waals surface area contributed by atoms with Crippen LogP contribution in [-0.4, -0.2) is 16.5 Å². The molecule has 94 valence electrons. The molecule has 1 aromatic carbocycles. The van der Waals surface area contributed by atoms with Gasteiger partial charge in [-0.1, -0.05) is 43.0 Å². The number of carbonyl (C=O) groups excluding carboxylic acids is 1. The minimum absolute atomic E-state index is 0.0958. The summed E-state index contributed by atoms with van der Waals surface area (Å²) in [4.78, 5) is 16.1.